The molecule has 1 N–H and O–H groups in total. The Morgan fingerprint density at radius 2 is 2.15 bits per heavy atom. The molecule has 0 aromatic heterocycles. The van der Waals surface area contributed by atoms with Crippen LogP contribution in [0.3, 0.4) is 0 Å². The molecule has 1 rings (SSSR count). The van der Waals surface area contributed by atoms with Gasteiger partial charge in [0.25, 0.3) is 0 Å². The van der Waals surface area contributed by atoms with Crippen LogP contribution in [0.15, 0.2) is 0 Å². The quantitative estimate of drug-likeness (QED) is 0.657. The maximum Gasteiger partial charge on any atom is 0.0117 e. The second kappa shape index (κ2) is 5.58. The minimum atomic E-state index is 0.807. The van der Waals surface area contributed by atoms with Crippen molar-refractivity contribution in [2.24, 2.45) is 0 Å². The van der Waals surface area contributed by atoms with E-state index in [1.54, 1.807) is 0 Å². The van der Waals surface area contributed by atoms with Gasteiger partial charge in [-0.05, 0) is 32.9 Å². The molecule has 1 fully saturated rings. The molecule has 1 aliphatic heterocycles. The summed E-state index contributed by atoms with van der Waals surface area (Å²) in [5, 5.41) is 2.03. The highest BCUT2D eigenvalue weighted by Gasteiger charge is 2.17. The van der Waals surface area contributed by atoms with Crippen LogP contribution in [0.2, 0.25) is 0 Å². The van der Waals surface area contributed by atoms with Crippen molar-refractivity contribution in [2.75, 3.05) is 34.2 Å². The molecule has 0 bridgehead atoms. The first-order valence-corrected chi connectivity index (χ1v) is 5.31. The van der Waals surface area contributed by atoms with Gasteiger partial charge in [0.1, 0.15) is 0 Å². The monoisotopic (exact) mass is 185 g/mol. The average molecular weight is 185 g/mol. The van der Waals surface area contributed by atoms with Crippen molar-refractivity contribution < 1.29 is 0 Å². The van der Waals surface area contributed by atoms with Crippen molar-refractivity contribution in [1.29, 1.82) is 0 Å². The third kappa shape index (κ3) is 4.07. The summed E-state index contributed by atoms with van der Waals surface area (Å²) < 4.78 is 0. The van der Waals surface area contributed by atoms with Crippen molar-refractivity contribution >= 4 is 0 Å². The molecule has 0 aromatic carbocycles. The number of nitrogens with zero attached hydrogens (tertiary/aromatic N) is 2. The average Bonchev–Trinajstić information content (AvgIpc) is 2.08. The van der Waals surface area contributed by atoms with Crippen molar-refractivity contribution in [3.63, 3.8) is 0 Å². The van der Waals surface area contributed by atoms with E-state index < -0.39 is 0 Å². The third-order valence-corrected chi connectivity index (χ3v) is 2.83. The Labute approximate surface area is 82.1 Å². The minimum absolute atomic E-state index is 0.807. The lowest BCUT2D eigenvalue weighted by Crippen LogP contribution is -2.40. The lowest BCUT2D eigenvalue weighted by molar-refractivity contribution is 0.165. The van der Waals surface area contributed by atoms with E-state index >= 15 is 0 Å². The van der Waals surface area contributed by atoms with Gasteiger partial charge in [0, 0.05) is 26.7 Å². The van der Waals surface area contributed by atoms with Crippen LogP contribution in [0.25, 0.3) is 0 Å². The van der Waals surface area contributed by atoms with Gasteiger partial charge in [-0.1, -0.05) is 6.42 Å². The van der Waals surface area contributed by atoms with Crippen LogP contribution in [0.1, 0.15) is 25.7 Å². The molecule has 3 heteroatoms. The summed E-state index contributed by atoms with van der Waals surface area (Å²) in [6.07, 6.45) is 5.45. The van der Waals surface area contributed by atoms with E-state index in [1.807, 2.05) is 19.1 Å². The molecule has 0 spiro atoms. The first-order chi connectivity index (χ1) is 6.20. The molecule has 0 aromatic rings. The molecule has 1 saturated heterocycles. The second-order valence-corrected chi connectivity index (χ2v) is 4.22. The molecule has 0 radical (unpaired) electrons. The highest BCUT2D eigenvalue weighted by Crippen LogP contribution is 2.16. The Kier molecular flexibility index (Phi) is 4.70. The largest absolute Gasteiger partial charge is 0.303 e. The van der Waals surface area contributed by atoms with Gasteiger partial charge in [-0.2, -0.15) is 0 Å². The molecular formula is C10H23N3. The van der Waals surface area contributed by atoms with Crippen molar-refractivity contribution in [2.45, 2.75) is 31.7 Å². The zero-order chi connectivity index (χ0) is 9.68. The van der Waals surface area contributed by atoms with Gasteiger partial charge in [-0.15, -0.1) is 0 Å². The molecule has 3 nitrogen and oxygen atoms in total. The lowest BCUT2D eigenvalue weighted by atomic mass is 10.0. The van der Waals surface area contributed by atoms with Crippen LogP contribution in [0.5, 0.6) is 0 Å². The van der Waals surface area contributed by atoms with E-state index in [1.165, 1.54) is 32.2 Å². The normalized spacial score (nSPS) is 25.4. The smallest absolute Gasteiger partial charge is 0.0117 e. The van der Waals surface area contributed by atoms with Gasteiger partial charge in [-0.25, -0.2) is 0 Å². The SMILES string of the molecule is CN(C)NCCC1CCCCN1C. The Balaban J connectivity index is 2.11. The fourth-order valence-corrected chi connectivity index (χ4v) is 1.96. The van der Waals surface area contributed by atoms with E-state index in [-0.39, 0.29) is 0 Å². The van der Waals surface area contributed by atoms with Gasteiger partial charge in [0.2, 0.25) is 0 Å². The zero-order valence-electron chi connectivity index (χ0n) is 9.21. The highest BCUT2D eigenvalue weighted by molar-refractivity contribution is 4.74. The molecule has 1 atom stereocenters. The van der Waals surface area contributed by atoms with Crippen LogP contribution in [-0.2, 0) is 0 Å². The Hall–Kier alpha value is -0.120. The molecule has 13 heavy (non-hydrogen) atoms. The summed E-state index contributed by atoms with van der Waals surface area (Å²) in [7, 11) is 6.34. The molecule has 1 heterocycles. The van der Waals surface area contributed by atoms with Crippen LogP contribution < -0.4 is 5.43 Å². The first-order valence-electron chi connectivity index (χ1n) is 5.31. The molecule has 1 unspecified atom stereocenters. The number of piperidine rings is 1. The van der Waals surface area contributed by atoms with Crippen molar-refractivity contribution in [3.05, 3.63) is 0 Å². The van der Waals surface area contributed by atoms with E-state index in [4.69, 9.17) is 0 Å². The number of hydrazine groups is 1. The van der Waals surface area contributed by atoms with Crippen molar-refractivity contribution in [3.8, 4) is 0 Å². The summed E-state index contributed by atoms with van der Waals surface area (Å²) in [5.74, 6) is 0. The lowest BCUT2D eigenvalue weighted by Gasteiger charge is -2.32. The van der Waals surface area contributed by atoms with Crippen LogP contribution in [0, 0.1) is 0 Å². The highest BCUT2D eigenvalue weighted by atomic mass is 15.5. The van der Waals surface area contributed by atoms with Crippen molar-refractivity contribution in [1.82, 2.24) is 15.3 Å². The van der Waals surface area contributed by atoms with Gasteiger partial charge < -0.3 is 4.90 Å². The predicted octanol–water partition coefficient (Wildman–Crippen LogP) is 0.927. The fraction of sp³-hybridized carbons (Fsp3) is 1.00. The van der Waals surface area contributed by atoms with E-state index in [9.17, 15) is 0 Å². The number of hydrogen-bond acceptors (Lipinski definition) is 3. The molecule has 0 amide bonds. The standard InChI is InChI=1S/C10H23N3/c1-12(2)11-8-7-10-6-4-5-9-13(10)3/h10-11H,4-9H2,1-3H3. The Bertz CT molecular complexity index is 136. The first kappa shape index (κ1) is 11.0. The second-order valence-electron chi connectivity index (χ2n) is 4.22. The van der Waals surface area contributed by atoms with E-state index in [0.29, 0.717) is 0 Å². The van der Waals surface area contributed by atoms with Gasteiger partial charge in [0.15, 0.2) is 0 Å². The number of rotatable bonds is 4. The minimum Gasteiger partial charge on any atom is -0.303 e. The topological polar surface area (TPSA) is 18.5 Å². The molecule has 78 valence electrons. The number of likely N-dealkylation sites (tertiary alicyclic amines) is 1. The van der Waals surface area contributed by atoms with Gasteiger partial charge in [-0.3, -0.25) is 10.4 Å². The summed E-state index contributed by atoms with van der Waals surface area (Å²) in [6.45, 7) is 2.38. The predicted molar refractivity (Wildman–Crippen MR) is 56.6 cm³/mol. The van der Waals surface area contributed by atoms with Crippen LogP contribution in [-0.4, -0.2) is 50.2 Å². The Morgan fingerprint density at radius 1 is 1.38 bits per heavy atom. The summed E-state index contributed by atoms with van der Waals surface area (Å²) in [6, 6.07) is 0.807. The van der Waals surface area contributed by atoms with Gasteiger partial charge in [0.05, 0.1) is 0 Å². The van der Waals surface area contributed by atoms with Crippen LogP contribution in [0.4, 0.5) is 0 Å². The fourth-order valence-electron chi connectivity index (χ4n) is 1.96. The van der Waals surface area contributed by atoms with Gasteiger partial charge >= 0.3 is 0 Å². The molecule has 0 aliphatic carbocycles. The molecule has 0 saturated carbocycles. The van der Waals surface area contributed by atoms with Crippen LogP contribution >= 0.6 is 0 Å². The summed E-state index contributed by atoms with van der Waals surface area (Å²) in [4.78, 5) is 2.50. The summed E-state index contributed by atoms with van der Waals surface area (Å²) >= 11 is 0. The zero-order valence-corrected chi connectivity index (χ0v) is 9.21. The maximum absolute atomic E-state index is 3.32. The number of hydrogen-bond donors (Lipinski definition) is 1. The van der Waals surface area contributed by atoms with E-state index in [2.05, 4.69) is 17.4 Å². The third-order valence-electron chi connectivity index (χ3n) is 2.83. The maximum atomic E-state index is 3.32. The summed E-state index contributed by atoms with van der Waals surface area (Å²) in [5.41, 5.74) is 3.32. The number of nitrogens with one attached hydrogen (secondary N) is 1. The molecule has 1 aliphatic rings. The molecular weight excluding hydrogens is 162 g/mol. The Morgan fingerprint density at radius 3 is 2.77 bits per heavy atom. The van der Waals surface area contributed by atoms with E-state index in [0.717, 1.165) is 12.6 Å².